The van der Waals surface area contributed by atoms with Gasteiger partial charge < -0.3 is 4.74 Å². The van der Waals surface area contributed by atoms with E-state index in [4.69, 9.17) is 16.3 Å². The van der Waals surface area contributed by atoms with Gasteiger partial charge in [0.05, 0.1) is 11.6 Å². The van der Waals surface area contributed by atoms with Crippen LogP contribution in [-0.2, 0) is 11.3 Å². The SMILES string of the molecule is Cc1ccc(Oc2ccnc(CCl)c2)c(C(C)(C)C)c1. The number of alkyl halides is 1. The van der Waals surface area contributed by atoms with Gasteiger partial charge in [0.2, 0.25) is 0 Å². The minimum Gasteiger partial charge on any atom is -0.457 e. The summed E-state index contributed by atoms with van der Waals surface area (Å²) in [6, 6.07) is 9.99. The van der Waals surface area contributed by atoms with Crippen molar-refractivity contribution in [1.29, 1.82) is 0 Å². The average Bonchev–Trinajstić information content (AvgIpc) is 2.40. The summed E-state index contributed by atoms with van der Waals surface area (Å²) in [6.07, 6.45) is 1.72. The summed E-state index contributed by atoms with van der Waals surface area (Å²) < 4.78 is 6.03. The van der Waals surface area contributed by atoms with Crippen molar-refractivity contribution in [1.82, 2.24) is 4.98 Å². The zero-order valence-electron chi connectivity index (χ0n) is 12.4. The largest absolute Gasteiger partial charge is 0.457 e. The molecule has 3 heteroatoms. The second-order valence-corrected chi connectivity index (χ2v) is 6.24. The first-order chi connectivity index (χ1) is 9.40. The normalized spacial score (nSPS) is 11.4. The van der Waals surface area contributed by atoms with Gasteiger partial charge in [-0.3, -0.25) is 4.98 Å². The molecular formula is C17H20ClNO. The molecule has 0 amide bonds. The Balaban J connectivity index is 2.38. The van der Waals surface area contributed by atoms with E-state index in [0.29, 0.717) is 5.88 Å². The van der Waals surface area contributed by atoms with Gasteiger partial charge in [-0.1, -0.05) is 38.5 Å². The first-order valence-corrected chi connectivity index (χ1v) is 7.23. The lowest BCUT2D eigenvalue weighted by Crippen LogP contribution is -2.12. The Morgan fingerprint density at radius 2 is 1.90 bits per heavy atom. The van der Waals surface area contributed by atoms with Crippen LogP contribution >= 0.6 is 11.6 Å². The minimum atomic E-state index is 0.0314. The molecule has 0 aliphatic heterocycles. The van der Waals surface area contributed by atoms with Gasteiger partial charge in [-0.15, -0.1) is 11.6 Å². The summed E-state index contributed by atoms with van der Waals surface area (Å²) >= 11 is 5.81. The van der Waals surface area contributed by atoms with Gasteiger partial charge in [-0.2, -0.15) is 0 Å². The van der Waals surface area contributed by atoms with Crippen LogP contribution in [0.5, 0.6) is 11.5 Å². The van der Waals surface area contributed by atoms with Gasteiger partial charge in [0, 0.05) is 17.8 Å². The first-order valence-electron chi connectivity index (χ1n) is 6.70. The molecule has 20 heavy (non-hydrogen) atoms. The van der Waals surface area contributed by atoms with Crippen molar-refractivity contribution in [2.45, 2.75) is 39.0 Å². The molecule has 1 heterocycles. The number of aromatic nitrogens is 1. The molecule has 0 aliphatic rings. The quantitative estimate of drug-likeness (QED) is 0.723. The number of aryl methyl sites for hydroxylation is 1. The summed E-state index contributed by atoms with van der Waals surface area (Å²) in [7, 11) is 0. The van der Waals surface area contributed by atoms with E-state index in [1.807, 2.05) is 18.2 Å². The molecular weight excluding hydrogens is 270 g/mol. The molecule has 0 saturated heterocycles. The number of ether oxygens (including phenoxy) is 1. The standard InChI is InChI=1S/C17H20ClNO/c1-12-5-6-16(15(9-12)17(2,3)4)20-14-7-8-19-13(10-14)11-18/h5-10H,11H2,1-4H3. The van der Waals surface area contributed by atoms with Gasteiger partial charge in [0.25, 0.3) is 0 Å². The number of halogens is 1. The average molecular weight is 290 g/mol. The maximum Gasteiger partial charge on any atom is 0.131 e. The third-order valence-corrected chi connectivity index (χ3v) is 3.37. The fourth-order valence-electron chi connectivity index (χ4n) is 2.04. The molecule has 0 saturated carbocycles. The molecule has 2 nitrogen and oxygen atoms in total. The molecule has 106 valence electrons. The Labute approximate surface area is 125 Å². The van der Waals surface area contributed by atoms with E-state index in [1.54, 1.807) is 6.20 Å². The Morgan fingerprint density at radius 1 is 1.15 bits per heavy atom. The highest BCUT2D eigenvalue weighted by atomic mass is 35.5. The predicted octanol–water partition coefficient (Wildman–Crippen LogP) is 5.22. The lowest BCUT2D eigenvalue weighted by molar-refractivity contribution is 0.454. The second-order valence-electron chi connectivity index (χ2n) is 5.97. The van der Waals surface area contributed by atoms with Crippen LogP contribution in [0.3, 0.4) is 0 Å². The van der Waals surface area contributed by atoms with Crippen molar-refractivity contribution in [3.8, 4) is 11.5 Å². The molecule has 0 fully saturated rings. The van der Waals surface area contributed by atoms with Crippen LogP contribution in [0.15, 0.2) is 36.5 Å². The molecule has 0 unspecified atom stereocenters. The number of nitrogens with zero attached hydrogens (tertiary/aromatic N) is 1. The number of rotatable bonds is 3. The highest BCUT2D eigenvalue weighted by molar-refractivity contribution is 6.16. The highest BCUT2D eigenvalue weighted by Crippen LogP contribution is 2.34. The van der Waals surface area contributed by atoms with E-state index in [2.05, 4.69) is 44.8 Å². The van der Waals surface area contributed by atoms with E-state index in [9.17, 15) is 0 Å². The predicted molar refractivity (Wildman–Crippen MR) is 83.7 cm³/mol. The summed E-state index contributed by atoms with van der Waals surface area (Å²) in [5.41, 5.74) is 3.28. The summed E-state index contributed by atoms with van der Waals surface area (Å²) in [6.45, 7) is 8.65. The lowest BCUT2D eigenvalue weighted by Gasteiger charge is -2.23. The number of pyridine rings is 1. The summed E-state index contributed by atoms with van der Waals surface area (Å²) in [5, 5.41) is 0. The van der Waals surface area contributed by atoms with Gasteiger partial charge in [-0.05, 0) is 24.5 Å². The zero-order valence-corrected chi connectivity index (χ0v) is 13.2. The van der Waals surface area contributed by atoms with Crippen LogP contribution in [0.2, 0.25) is 0 Å². The molecule has 0 spiro atoms. The summed E-state index contributed by atoms with van der Waals surface area (Å²) in [4.78, 5) is 4.17. The second kappa shape index (κ2) is 5.84. The Morgan fingerprint density at radius 3 is 2.55 bits per heavy atom. The van der Waals surface area contributed by atoms with Gasteiger partial charge in [0.1, 0.15) is 11.5 Å². The zero-order chi connectivity index (χ0) is 14.8. The van der Waals surface area contributed by atoms with Gasteiger partial charge >= 0.3 is 0 Å². The van der Waals surface area contributed by atoms with Crippen molar-refractivity contribution < 1.29 is 4.74 Å². The summed E-state index contributed by atoms with van der Waals surface area (Å²) in [5.74, 6) is 2.04. The molecule has 2 aromatic rings. The van der Waals surface area contributed by atoms with Crippen LogP contribution in [0, 0.1) is 6.92 Å². The molecule has 0 radical (unpaired) electrons. The van der Waals surface area contributed by atoms with Crippen LogP contribution in [0.4, 0.5) is 0 Å². The van der Waals surface area contributed by atoms with E-state index in [1.165, 1.54) is 11.1 Å². The minimum absolute atomic E-state index is 0.0314. The van der Waals surface area contributed by atoms with E-state index < -0.39 is 0 Å². The highest BCUT2D eigenvalue weighted by Gasteiger charge is 2.19. The molecule has 1 aromatic heterocycles. The van der Waals surface area contributed by atoms with Crippen LogP contribution in [-0.4, -0.2) is 4.98 Å². The van der Waals surface area contributed by atoms with E-state index in [0.717, 1.165) is 17.2 Å². The van der Waals surface area contributed by atoms with Gasteiger partial charge in [-0.25, -0.2) is 0 Å². The van der Waals surface area contributed by atoms with Crippen molar-refractivity contribution in [3.05, 3.63) is 53.3 Å². The van der Waals surface area contributed by atoms with Crippen molar-refractivity contribution in [2.24, 2.45) is 0 Å². The fourth-order valence-corrected chi connectivity index (χ4v) is 2.18. The number of benzene rings is 1. The van der Waals surface area contributed by atoms with Crippen molar-refractivity contribution in [3.63, 3.8) is 0 Å². The van der Waals surface area contributed by atoms with E-state index >= 15 is 0 Å². The van der Waals surface area contributed by atoms with Crippen molar-refractivity contribution >= 4 is 11.6 Å². The Kier molecular flexibility index (Phi) is 4.34. The Hall–Kier alpha value is -1.54. The third kappa shape index (κ3) is 3.51. The Bertz CT molecular complexity index is 602. The first kappa shape index (κ1) is 14.9. The van der Waals surface area contributed by atoms with Crippen LogP contribution < -0.4 is 4.74 Å². The lowest BCUT2D eigenvalue weighted by atomic mass is 9.85. The topological polar surface area (TPSA) is 22.1 Å². The van der Waals surface area contributed by atoms with Crippen molar-refractivity contribution in [2.75, 3.05) is 0 Å². The fraction of sp³-hybridized carbons (Fsp3) is 0.353. The van der Waals surface area contributed by atoms with Crippen LogP contribution in [0.1, 0.15) is 37.6 Å². The molecule has 1 aromatic carbocycles. The van der Waals surface area contributed by atoms with Gasteiger partial charge in [0.15, 0.2) is 0 Å². The van der Waals surface area contributed by atoms with Crippen LogP contribution in [0.25, 0.3) is 0 Å². The maximum absolute atomic E-state index is 6.03. The molecule has 0 N–H and O–H groups in total. The number of hydrogen-bond acceptors (Lipinski definition) is 2. The third-order valence-electron chi connectivity index (χ3n) is 3.10. The molecule has 0 aliphatic carbocycles. The molecule has 0 atom stereocenters. The maximum atomic E-state index is 6.03. The van der Waals surface area contributed by atoms with E-state index in [-0.39, 0.29) is 5.41 Å². The monoisotopic (exact) mass is 289 g/mol. The molecule has 2 rings (SSSR count). The molecule has 0 bridgehead atoms. The smallest absolute Gasteiger partial charge is 0.131 e. The number of hydrogen-bond donors (Lipinski definition) is 0.